The number of ether oxygens (including phenoxy) is 1. The van der Waals surface area contributed by atoms with Crippen LogP contribution in [0.5, 0.6) is 5.75 Å². The molecule has 1 N–H and O–H groups in total. The number of anilines is 1. The first kappa shape index (κ1) is 17.4. The van der Waals surface area contributed by atoms with E-state index in [0.717, 1.165) is 16.9 Å². The van der Waals surface area contributed by atoms with Crippen molar-refractivity contribution in [2.24, 2.45) is 0 Å². The van der Waals surface area contributed by atoms with Crippen LogP contribution in [0.3, 0.4) is 0 Å². The molecule has 1 amide bonds. The fourth-order valence-electron chi connectivity index (χ4n) is 2.60. The third kappa shape index (κ3) is 4.21. The Morgan fingerprint density at radius 3 is 2.50 bits per heavy atom. The van der Waals surface area contributed by atoms with Gasteiger partial charge in [-0.25, -0.2) is 9.97 Å². The number of imidazole rings is 1. The molecule has 0 bridgehead atoms. The molecule has 7 heteroatoms. The molecule has 28 heavy (non-hydrogen) atoms. The Morgan fingerprint density at radius 2 is 1.82 bits per heavy atom. The predicted octanol–water partition coefficient (Wildman–Crippen LogP) is 3.35. The molecule has 7 nitrogen and oxygen atoms in total. The Morgan fingerprint density at radius 1 is 1.00 bits per heavy atom. The third-order valence-corrected chi connectivity index (χ3v) is 4.00. The second kappa shape index (κ2) is 8.13. The SMILES string of the molecule is O=C(COc1ccc(-n2ccnc2)cc1)Nc1cnc(-c2ccccc2)cn1. The van der Waals surface area contributed by atoms with Crippen molar-refractivity contribution in [2.45, 2.75) is 0 Å². The first-order valence-corrected chi connectivity index (χ1v) is 8.66. The number of hydrogen-bond acceptors (Lipinski definition) is 5. The summed E-state index contributed by atoms with van der Waals surface area (Å²) < 4.78 is 7.40. The van der Waals surface area contributed by atoms with Crippen LogP contribution < -0.4 is 10.1 Å². The average molecular weight is 371 g/mol. The second-order valence-corrected chi connectivity index (χ2v) is 5.95. The summed E-state index contributed by atoms with van der Waals surface area (Å²) in [5.74, 6) is 0.675. The fourth-order valence-corrected chi connectivity index (χ4v) is 2.60. The molecule has 4 aromatic rings. The standard InChI is InChI=1S/C21H17N5O2/c27-21(14-28-18-8-6-17(7-9-18)26-11-10-22-15-26)25-20-13-23-19(12-24-20)16-4-2-1-3-5-16/h1-13,15H,14H2,(H,24,25,27). The smallest absolute Gasteiger partial charge is 0.263 e. The van der Waals surface area contributed by atoms with Crippen LogP contribution in [0, 0.1) is 0 Å². The van der Waals surface area contributed by atoms with Crippen molar-refractivity contribution in [3.63, 3.8) is 0 Å². The Bertz CT molecular complexity index is 1030. The molecule has 2 aromatic heterocycles. The van der Waals surface area contributed by atoms with Gasteiger partial charge in [-0.05, 0) is 24.3 Å². The number of carbonyl (C=O) groups excluding carboxylic acids is 1. The largest absolute Gasteiger partial charge is 0.484 e. The molecule has 138 valence electrons. The van der Waals surface area contributed by atoms with E-state index in [4.69, 9.17) is 4.74 Å². The average Bonchev–Trinajstić information content (AvgIpc) is 3.29. The van der Waals surface area contributed by atoms with Crippen LogP contribution in [-0.2, 0) is 4.79 Å². The first-order valence-electron chi connectivity index (χ1n) is 8.66. The summed E-state index contributed by atoms with van der Waals surface area (Å²) in [5, 5.41) is 2.67. The van der Waals surface area contributed by atoms with Gasteiger partial charge in [0.1, 0.15) is 5.75 Å². The second-order valence-electron chi connectivity index (χ2n) is 5.95. The molecule has 0 fully saturated rings. The van der Waals surface area contributed by atoms with Crippen LogP contribution in [0.1, 0.15) is 0 Å². The molecule has 0 spiro atoms. The first-order chi connectivity index (χ1) is 13.8. The van der Waals surface area contributed by atoms with E-state index in [1.54, 1.807) is 30.9 Å². The third-order valence-electron chi connectivity index (χ3n) is 4.00. The van der Waals surface area contributed by atoms with E-state index in [1.165, 1.54) is 6.20 Å². The van der Waals surface area contributed by atoms with Crippen molar-refractivity contribution in [2.75, 3.05) is 11.9 Å². The van der Waals surface area contributed by atoms with Gasteiger partial charge in [0.15, 0.2) is 12.4 Å². The number of benzene rings is 2. The highest BCUT2D eigenvalue weighted by atomic mass is 16.5. The van der Waals surface area contributed by atoms with E-state index in [-0.39, 0.29) is 12.5 Å². The van der Waals surface area contributed by atoms with E-state index in [2.05, 4.69) is 20.3 Å². The zero-order valence-electron chi connectivity index (χ0n) is 14.9. The summed E-state index contributed by atoms with van der Waals surface area (Å²) in [7, 11) is 0. The Kier molecular flexibility index (Phi) is 5.06. The molecule has 0 saturated heterocycles. The normalized spacial score (nSPS) is 10.4. The van der Waals surface area contributed by atoms with Crippen LogP contribution >= 0.6 is 0 Å². The predicted molar refractivity (Wildman–Crippen MR) is 105 cm³/mol. The highest BCUT2D eigenvalue weighted by Crippen LogP contribution is 2.17. The molecular weight excluding hydrogens is 354 g/mol. The van der Waals surface area contributed by atoms with Gasteiger partial charge in [0.05, 0.1) is 24.4 Å². The van der Waals surface area contributed by atoms with Crippen molar-refractivity contribution in [3.05, 3.63) is 85.7 Å². The van der Waals surface area contributed by atoms with Crippen LogP contribution in [0.15, 0.2) is 85.7 Å². The highest BCUT2D eigenvalue weighted by Gasteiger charge is 2.06. The van der Waals surface area contributed by atoms with Gasteiger partial charge < -0.3 is 14.6 Å². The van der Waals surface area contributed by atoms with Crippen molar-refractivity contribution in [3.8, 4) is 22.7 Å². The lowest BCUT2D eigenvalue weighted by molar-refractivity contribution is -0.118. The van der Waals surface area contributed by atoms with Gasteiger partial charge in [-0.2, -0.15) is 0 Å². The van der Waals surface area contributed by atoms with E-state index in [1.807, 2.05) is 53.2 Å². The zero-order valence-corrected chi connectivity index (χ0v) is 14.9. The van der Waals surface area contributed by atoms with Gasteiger partial charge in [0, 0.05) is 23.6 Å². The summed E-state index contributed by atoms with van der Waals surface area (Å²) in [6.07, 6.45) is 8.44. The Labute approximate surface area is 161 Å². The van der Waals surface area contributed by atoms with Crippen LogP contribution in [0.2, 0.25) is 0 Å². The molecule has 2 heterocycles. The number of hydrogen-bond donors (Lipinski definition) is 1. The van der Waals surface area contributed by atoms with Crippen molar-refractivity contribution in [1.29, 1.82) is 0 Å². The number of nitrogens with zero attached hydrogens (tertiary/aromatic N) is 4. The summed E-state index contributed by atoms with van der Waals surface area (Å²) in [6.45, 7) is -0.119. The lowest BCUT2D eigenvalue weighted by Gasteiger charge is -2.08. The van der Waals surface area contributed by atoms with Crippen molar-refractivity contribution in [1.82, 2.24) is 19.5 Å². The van der Waals surface area contributed by atoms with Gasteiger partial charge in [-0.3, -0.25) is 9.78 Å². The summed E-state index contributed by atoms with van der Waals surface area (Å²) in [5.41, 5.74) is 2.67. The minimum atomic E-state index is -0.305. The number of aromatic nitrogens is 4. The molecule has 0 aliphatic carbocycles. The molecule has 0 unspecified atom stereocenters. The molecule has 4 rings (SSSR count). The summed E-state index contributed by atoms with van der Waals surface area (Å²) >= 11 is 0. The lowest BCUT2D eigenvalue weighted by Crippen LogP contribution is -2.20. The molecule has 0 radical (unpaired) electrons. The fraction of sp³-hybridized carbons (Fsp3) is 0.0476. The summed E-state index contributed by atoms with van der Waals surface area (Å²) in [4.78, 5) is 24.6. The number of carbonyl (C=O) groups is 1. The van der Waals surface area contributed by atoms with Crippen LogP contribution in [-0.4, -0.2) is 32.0 Å². The zero-order chi connectivity index (χ0) is 19.2. The van der Waals surface area contributed by atoms with E-state index < -0.39 is 0 Å². The summed E-state index contributed by atoms with van der Waals surface area (Å²) in [6, 6.07) is 17.1. The van der Waals surface area contributed by atoms with Gasteiger partial charge in [-0.15, -0.1) is 0 Å². The number of nitrogens with one attached hydrogen (secondary N) is 1. The van der Waals surface area contributed by atoms with E-state index in [9.17, 15) is 4.79 Å². The number of amides is 1. The molecule has 2 aromatic carbocycles. The molecule has 0 aliphatic heterocycles. The maximum Gasteiger partial charge on any atom is 0.263 e. The highest BCUT2D eigenvalue weighted by molar-refractivity contribution is 5.90. The monoisotopic (exact) mass is 371 g/mol. The van der Waals surface area contributed by atoms with E-state index in [0.29, 0.717) is 11.6 Å². The molecule has 0 saturated carbocycles. The lowest BCUT2D eigenvalue weighted by atomic mass is 10.2. The van der Waals surface area contributed by atoms with Gasteiger partial charge in [0.25, 0.3) is 5.91 Å². The molecule has 0 aliphatic rings. The van der Waals surface area contributed by atoms with Gasteiger partial charge in [0.2, 0.25) is 0 Å². The Hall–Kier alpha value is -4.00. The van der Waals surface area contributed by atoms with Crippen molar-refractivity contribution >= 4 is 11.7 Å². The van der Waals surface area contributed by atoms with E-state index >= 15 is 0 Å². The van der Waals surface area contributed by atoms with Crippen LogP contribution in [0.25, 0.3) is 16.9 Å². The minimum absolute atomic E-state index is 0.119. The minimum Gasteiger partial charge on any atom is -0.484 e. The quantitative estimate of drug-likeness (QED) is 0.562. The molecule has 0 atom stereocenters. The number of rotatable bonds is 6. The van der Waals surface area contributed by atoms with Gasteiger partial charge in [-0.1, -0.05) is 30.3 Å². The Balaban J connectivity index is 1.31. The maximum absolute atomic E-state index is 12.1. The maximum atomic E-state index is 12.1. The van der Waals surface area contributed by atoms with Crippen molar-refractivity contribution < 1.29 is 9.53 Å². The topological polar surface area (TPSA) is 81.9 Å². The van der Waals surface area contributed by atoms with Crippen LogP contribution in [0.4, 0.5) is 5.82 Å². The van der Waals surface area contributed by atoms with Gasteiger partial charge >= 0.3 is 0 Å². The molecular formula is C21H17N5O2.